The summed E-state index contributed by atoms with van der Waals surface area (Å²) < 4.78 is 44.4. The summed E-state index contributed by atoms with van der Waals surface area (Å²) in [5.74, 6) is 2.35. The number of halogens is 1. The number of aromatic nitrogens is 4. The zero-order valence-corrected chi connectivity index (χ0v) is 25.9. The molecule has 1 N–H and O–H groups in total. The molecular weight excluding hydrogens is 607 g/mol. The van der Waals surface area contributed by atoms with Crippen LogP contribution < -0.4 is 29.2 Å². The topological polar surface area (TPSA) is 122 Å². The van der Waals surface area contributed by atoms with Gasteiger partial charge in [0.05, 0.1) is 63.3 Å². The minimum Gasteiger partial charge on any atom is -0.493 e. The van der Waals surface area contributed by atoms with Crippen molar-refractivity contribution in [3.05, 3.63) is 78.6 Å². The monoisotopic (exact) mass is 640 g/mol. The van der Waals surface area contributed by atoms with E-state index in [9.17, 15) is 9.18 Å². The molecule has 1 aliphatic heterocycles. The molecule has 0 spiro atoms. The molecule has 7 rings (SSSR count). The van der Waals surface area contributed by atoms with Crippen LogP contribution in [0.4, 0.5) is 15.9 Å². The van der Waals surface area contributed by atoms with Crippen molar-refractivity contribution >= 4 is 28.3 Å². The molecule has 0 radical (unpaired) electrons. The van der Waals surface area contributed by atoms with E-state index in [0.717, 1.165) is 18.2 Å². The number of rotatable bonds is 11. The molecule has 0 bridgehead atoms. The molecule has 5 aromatic rings. The SMILES string of the molecule is COc1cc2nccc(Oc3ccc(NC(=O)c4nn(-c5ccc(F)cc5N5CCOCC5)cc4OCC4CC4)nc3)c2cc1OC. The van der Waals surface area contributed by atoms with E-state index >= 15 is 0 Å². The highest BCUT2D eigenvalue weighted by Gasteiger charge is 2.26. The first-order valence-corrected chi connectivity index (χ1v) is 15.3. The highest BCUT2D eigenvalue weighted by Crippen LogP contribution is 2.37. The third-order valence-electron chi connectivity index (χ3n) is 8.02. The second-order valence-corrected chi connectivity index (χ2v) is 11.2. The minimum atomic E-state index is -0.494. The van der Waals surface area contributed by atoms with Crippen molar-refractivity contribution in [1.29, 1.82) is 0 Å². The molecular formula is C34H33FN6O6. The zero-order chi connectivity index (χ0) is 32.3. The first kappa shape index (κ1) is 30.2. The van der Waals surface area contributed by atoms with Gasteiger partial charge in [0.15, 0.2) is 22.9 Å². The van der Waals surface area contributed by atoms with Crippen LogP contribution in [-0.2, 0) is 4.74 Å². The number of pyridine rings is 2. The van der Waals surface area contributed by atoms with E-state index in [1.807, 2.05) is 4.90 Å². The number of hydrogen-bond donors (Lipinski definition) is 1. The van der Waals surface area contributed by atoms with Gasteiger partial charge in [-0.3, -0.25) is 9.78 Å². The number of carbonyl (C=O) groups excluding carboxylic acids is 1. The van der Waals surface area contributed by atoms with Gasteiger partial charge in [-0.15, -0.1) is 0 Å². The average Bonchev–Trinajstić information content (AvgIpc) is 3.84. The summed E-state index contributed by atoms with van der Waals surface area (Å²) in [6.45, 7) is 2.79. The molecule has 0 unspecified atom stereocenters. The van der Waals surface area contributed by atoms with Gasteiger partial charge in [0.1, 0.15) is 23.1 Å². The second kappa shape index (κ2) is 13.1. The fourth-order valence-corrected chi connectivity index (χ4v) is 5.34. The van der Waals surface area contributed by atoms with Gasteiger partial charge in [0, 0.05) is 30.7 Å². The largest absolute Gasteiger partial charge is 0.493 e. The van der Waals surface area contributed by atoms with Gasteiger partial charge >= 0.3 is 0 Å². The number of benzene rings is 2. The highest BCUT2D eigenvalue weighted by molar-refractivity contribution is 6.04. The van der Waals surface area contributed by atoms with E-state index < -0.39 is 5.91 Å². The van der Waals surface area contributed by atoms with Gasteiger partial charge in [0.2, 0.25) is 0 Å². The fraction of sp³-hybridized carbons (Fsp3) is 0.294. The Morgan fingerprint density at radius 2 is 1.77 bits per heavy atom. The molecule has 1 saturated heterocycles. The Labute approximate surface area is 270 Å². The van der Waals surface area contributed by atoms with Gasteiger partial charge < -0.3 is 33.9 Å². The summed E-state index contributed by atoms with van der Waals surface area (Å²) in [5.41, 5.74) is 2.06. The number of carbonyl (C=O) groups is 1. The number of nitrogens with zero attached hydrogens (tertiary/aromatic N) is 5. The van der Waals surface area contributed by atoms with Crippen LogP contribution in [0.15, 0.2) is 67.1 Å². The Hall–Kier alpha value is -5.43. The van der Waals surface area contributed by atoms with E-state index in [4.69, 9.17) is 23.7 Å². The summed E-state index contributed by atoms with van der Waals surface area (Å²) in [6, 6.07) is 13.2. The summed E-state index contributed by atoms with van der Waals surface area (Å²) >= 11 is 0. The number of anilines is 2. The summed E-state index contributed by atoms with van der Waals surface area (Å²) in [5, 5.41) is 8.16. The van der Waals surface area contributed by atoms with Crippen LogP contribution in [0.3, 0.4) is 0 Å². The molecule has 0 atom stereocenters. The number of nitrogens with one attached hydrogen (secondary N) is 1. The number of morpholine rings is 1. The van der Waals surface area contributed by atoms with Gasteiger partial charge in [-0.05, 0) is 61.2 Å². The van der Waals surface area contributed by atoms with Crippen molar-refractivity contribution in [3.8, 4) is 34.4 Å². The van der Waals surface area contributed by atoms with Gasteiger partial charge in [-0.1, -0.05) is 0 Å². The van der Waals surface area contributed by atoms with Crippen molar-refractivity contribution in [2.75, 3.05) is 57.3 Å². The highest BCUT2D eigenvalue weighted by atomic mass is 19.1. The van der Waals surface area contributed by atoms with E-state index in [1.165, 1.54) is 18.3 Å². The lowest BCUT2D eigenvalue weighted by Crippen LogP contribution is -2.36. The second-order valence-electron chi connectivity index (χ2n) is 11.2. The molecule has 2 aromatic carbocycles. The summed E-state index contributed by atoms with van der Waals surface area (Å²) in [6.07, 6.45) is 7.00. The van der Waals surface area contributed by atoms with Crippen LogP contribution in [0, 0.1) is 11.7 Å². The number of ether oxygens (including phenoxy) is 5. The number of methoxy groups -OCH3 is 2. The average molecular weight is 641 g/mol. The van der Waals surface area contributed by atoms with E-state index in [-0.39, 0.29) is 11.5 Å². The Bertz CT molecular complexity index is 1910. The van der Waals surface area contributed by atoms with Crippen molar-refractivity contribution in [2.45, 2.75) is 12.8 Å². The third kappa shape index (κ3) is 6.61. The van der Waals surface area contributed by atoms with Crippen LogP contribution in [0.2, 0.25) is 0 Å². The van der Waals surface area contributed by atoms with Crippen molar-refractivity contribution < 1.29 is 32.9 Å². The molecule has 1 saturated carbocycles. The molecule has 2 aliphatic rings. The molecule has 1 amide bonds. The first-order valence-electron chi connectivity index (χ1n) is 15.3. The van der Waals surface area contributed by atoms with Crippen LogP contribution in [-0.4, -0.2) is 72.8 Å². The van der Waals surface area contributed by atoms with Crippen LogP contribution in [0.5, 0.6) is 28.7 Å². The predicted molar refractivity (Wildman–Crippen MR) is 172 cm³/mol. The maximum Gasteiger partial charge on any atom is 0.281 e. The molecule has 13 heteroatoms. The predicted octanol–water partition coefficient (Wildman–Crippen LogP) is 5.64. The number of amides is 1. The Morgan fingerprint density at radius 3 is 2.51 bits per heavy atom. The number of hydrogen-bond acceptors (Lipinski definition) is 10. The summed E-state index contributed by atoms with van der Waals surface area (Å²) in [7, 11) is 3.13. The third-order valence-corrected chi connectivity index (χ3v) is 8.02. The fourth-order valence-electron chi connectivity index (χ4n) is 5.34. The van der Waals surface area contributed by atoms with E-state index in [1.54, 1.807) is 67.7 Å². The van der Waals surface area contributed by atoms with Crippen LogP contribution >= 0.6 is 0 Å². The smallest absolute Gasteiger partial charge is 0.281 e. The van der Waals surface area contributed by atoms with Gasteiger partial charge in [-0.25, -0.2) is 14.1 Å². The van der Waals surface area contributed by atoms with Crippen LogP contribution in [0.25, 0.3) is 16.6 Å². The van der Waals surface area contributed by atoms with Gasteiger partial charge in [-0.2, -0.15) is 5.10 Å². The van der Waals surface area contributed by atoms with Crippen molar-refractivity contribution in [1.82, 2.24) is 19.7 Å². The van der Waals surface area contributed by atoms with E-state index in [0.29, 0.717) is 90.3 Å². The Morgan fingerprint density at radius 1 is 0.957 bits per heavy atom. The first-order chi connectivity index (χ1) is 23.0. The Kier molecular flexibility index (Phi) is 8.44. The molecule has 4 heterocycles. The van der Waals surface area contributed by atoms with Crippen LogP contribution in [0.1, 0.15) is 23.3 Å². The molecule has 12 nitrogen and oxygen atoms in total. The minimum absolute atomic E-state index is 0.0951. The molecule has 1 aliphatic carbocycles. The molecule has 242 valence electrons. The van der Waals surface area contributed by atoms with Crippen molar-refractivity contribution in [3.63, 3.8) is 0 Å². The van der Waals surface area contributed by atoms with E-state index in [2.05, 4.69) is 20.4 Å². The lowest BCUT2D eigenvalue weighted by atomic mass is 10.2. The lowest BCUT2D eigenvalue weighted by Gasteiger charge is -2.30. The molecule has 3 aromatic heterocycles. The zero-order valence-electron chi connectivity index (χ0n) is 25.9. The standard InChI is InChI=1S/C34H33FN6O6/c1-43-29-16-24-25(17-30(29)44-2)36-10-9-28(24)47-23-6-8-32(37-18-23)38-34(42)33-31(46-20-21-3-4-21)19-41(39-33)26-7-5-22(35)15-27(26)40-11-13-45-14-12-40/h5-10,15-19,21H,3-4,11-14,20H2,1-2H3,(H,37,38,42). The Balaban J connectivity index is 1.12. The number of fused-ring (bicyclic) bond motifs is 1. The quantitative estimate of drug-likeness (QED) is 0.194. The summed E-state index contributed by atoms with van der Waals surface area (Å²) in [4.78, 5) is 24.4. The van der Waals surface area contributed by atoms with Gasteiger partial charge in [0.25, 0.3) is 5.91 Å². The maximum atomic E-state index is 14.4. The lowest BCUT2D eigenvalue weighted by molar-refractivity contribution is 0.101. The molecule has 2 fully saturated rings. The maximum absolute atomic E-state index is 14.4. The molecule has 47 heavy (non-hydrogen) atoms. The van der Waals surface area contributed by atoms with Crippen molar-refractivity contribution in [2.24, 2.45) is 5.92 Å². The normalized spacial score (nSPS) is 14.6.